The van der Waals surface area contributed by atoms with E-state index in [-0.39, 0.29) is 18.0 Å². The average molecular weight is 332 g/mol. The predicted octanol–water partition coefficient (Wildman–Crippen LogP) is 4.70. The van der Waals surface area contributed by atoms with E-state index in [1.807, 2.05) is 0 Å². The monoisotopic (exact) mass is 331 g/mol. The molecule has 3 rings (SSSR count). The van der Waals surface area contributed by atoms with E-state index >= 15 is 0 Å². The first kappa shape index (κ1) is 15.6. The van der Waals surface area contributed by atoms with Crippen molar-refractivity contribution < 1.29 is 13.9 Å². The summed E-state index contributed by atoms with van der Waals surface area (Å²) in [4.78, 5) is 15.6. The summed E-state index contributed by atoms with van der Waals surface area (Å²) >= 11 is 5.93. The molecule has 0 aliphatic heterocycles. The minimum atomic E-state index is -0.324. The Morgan fingerprint density at radius 1 is 1.30 bits per heavy atom. The number of H-pyrrole nitrogens is 1. The summed E-state index contributed by atoms with van der Waals surface area (Å²) in [7, 11) is 1.53. The summed E-state index contributed by atoms with van der Waals surface area (Å²) in [5, 5.41) is 1.13. The van der Waals surface area contributed by atoms with E-state index in [1.54, 1.807) is 37.4 Å². The van der Waals surface area contributed by atoms with Gasteiger partial charge < -0.3 is 9.72 Å². The largest absolute Gasteiger partial charge is 0.496 e. The SMILES string of the molecule is COc1cc(Cl)ccc1CC(=O)c1c[nH]c2cc(C)c(F)cc12. The summed E-state index contributed by atoms with van der Waals surface area (Å²) in [6, 6.07) is 8.24. The number of nitrogens with one attached hydrogen (secondary N) is 1. The zero-order valence-electron chi connectivity index (χ0n) is 12.7. The van der Waals surface area contributed by atoms with Gasteiger partial charge in [0.1, 0.15) is 11.6 Å². The zero-order valence-corrected chi connectivity index (χ0v) is 13.5. The van der Waals surface area contributed by atoms with Gasteiger partial charge in [-0.2, -0.15) is 0 Å². The van der Waals surface area contributed by atoms with Crippen LogP contribution in [-0.2, 0) is 6.42 Å². The lowest BCUT2D eigenvalue weighted by Crippen LogP contribution is -2.04. The highest BCUT2D eigenvalue weighted by Crippen LogP contribution is 2.27. The number of methoxy groups -OCH3 is 1. The molecular weight excluding hydrogens is 317 g/mol. The van der Waals surface area contributed by atoms with E-state index in [0.29, 0.717) is 27.3 Å². The summed E-state index contributed by atoms with van der Waals surface area (Å²) in [5.41, 5.74) is 2.49. The number of halogens is 2. The van der Waals surface area contributed by atoms with Crippen LogP contribution in [0.3, 0.4) is 0 Å². The molecule has 1 heterocycles. The first-order valence-corrected chi connectivity index (χ1v) is 7.50. The molecule has 0 atom stereocenters. The Bertz CT molecular complexity index is 901. The molecule has 0 unspecified atom stereocenters. The maximum absolute atomic E-state index is 13.8. The fourth-order valence-corrected chi connectivity index (χ4v) is 2.78. The number of ketones is 1. The molecule has 0 fully saturated rings. The molecule has 3 aromatic rings. The van der Waals surface area contributed by atoms with Crippen LogP contribution in [0.15, 0.2) is 36.5 Å². The molecule has 5 heteroatoms. The second-order valence-corrected chi connectivity index (χ2v) is 5.84. The number of fused-ring (bicyclic) bond motifs is 1. The number of aromatic nitrogens is 1. The number of ether oxygens (including phenoxy) is 1. The predicted molar refractivity (Wildman–Crippen MR) is 89.0 cm³/mol. The number of carbonyl (C=O) groups excluding carboxylic acids is 1. The minimum absolute atomic E-state index is 0.111. The normalized spacial score (nSPS) is 11.0. The second kappa shape index (κ2) is 6.05. The molecule has 1 N–H and O–H groups in total. The van der Waals surface area contributed by atoms with Crippen molar-refractivity contribution in [3.05, 3.63) is 64.1 Å². The van der Waals surface area contributed by atoms with Crippen LogP contribution in [0.25, 0.3) is 10.9 Å². The van der Waals surface area contributed by atoms with E-state index in [2.05, 4.69) is 4.98 Å². The minimum Gasteiger partial charge on any atom is -0.496 e. The third-order valence-electron chi connectivity index (χ3n) is 3.86. The number of hydrogen-bond acceptors (Lipinski definition) is 2. The van der Waals surface area contributed by atoms with Crippen molar-refractivity contribution >= 4 is 28.3 Å². The van der Waals surface area contributed by atoms with Crippen molar-refractivity contribution in [2.45, 2.75) is 13.3 Å². The van der Waals surface area contributed by atoms with Crippen LogP contribution >= 0.6 is 11.6 Å². The fourth-order valence-electron chi connectivity index (χ4n) is 2.61. The smallest absolute Gasteiger partial charge is 0.169 e. The van der Waals surface area contributed by atoms with Gasteiger partial charge in [0.25, 0.3) is 0 Å². The Morgan fingerprint density at radius 2 is 2.09 bits per heavy atom. The van der Waals surface area contributed by atoms with Crippen LogP contribution < -0.4 is 4.74 Å². The number of carbonyl (C=O) groups is 1. The Labute approximate surface area is 138 Å². The first-order valence-electron chi connectivity index (χ1n) is 7.12. The number of aryl methyl sites for hydroxylation is 1. The highest BCUT2D eigenvalue weighted by molar-refractivity contribution is 6.30. The maximum atomic E-state index is 13.8. The maximum Gasteiger partial charge on any atom is 0.169 e. The fraction of sp³-hybridized carbons (Fsp3) is 0.167. The van der Waals surface area contributed by atoms with E-state index in [4.69, 9.17) is 16.3 Å². The number of rotatable bonds is 4. The highest BCUT2D eigenvalue weighted by Gasteiger charge is 2.16. The van der Waals surface area contributed by atoms with Gasteiger partial charge in [-0.1, -0.05) is 17.7 Å². The quantitative estimate of drug-likeness (QED) is 0.704. The molecule has 0 saturated heterocycles. The van der Waals surface area contributed by atoms with Crippen molar-refractivity contribution in [1.29, 1.82) is 0 Å². The number of Topliss-reactive ketones (excluding diaryl/α,β-unsaturated/α-hetero) is 1. The lowest BCUT2D eigenvalue weighted by molar-refractivity contribution is 0.0993. The molecule has 23 heavy (non-hydrogen) atoms. The van der Waals surface area contributed by atoms with E-state index in [0.717, 1.165) is 11.1 Å². The molecule has 0 saturated carbocycles. The van der Waals surface area contributed by atoms with Gasteiger partial charge >= 0.3 is 0 Å². The summed E-state index contributed by atoms with van der Waals surface area (Å²) < 4.78 is 19.1. The van der Waals surface area contributed by atoms with Crippen molar-refractivity contribution in [3.8, 4) is 5.75 Å². The van der Waals surface area contributed by atoms with Gasteiger partial charge in [-0.25, -0.2) is 4.39 Å². The molecule has 0 bridgehead atoms. The number of aromatic amines is 1. The number of hydrogen-bond donors (Lipinski definition) is 1. The summed E-state index contributed by atoms with van der Waals surface area (Å²) in [5.74, 6) is 0.128. The highest BCUT2D eigenvalue weighted by atomic mass is 35.5. The first-order chi connectivity index (χ1) is 11.0. The Balaban J connectivity index is 1.97. The van der Waals surface area contributed by atoms with Gasteiger partial charge in [0.15, 0.2) is 5.78 Å². The molecule has 0 spiro atoms. The van der Waals surface area contributed by atoms with Crippen LogP contribution in [0.4, 0.5) is 4.39 Å². The molecular formula is C18H15ClFNO2. The van der Waals surface area contributed by atoms with E-state index < -0.39 is 0 Å². The summed E-state index contributed by atoms with van der Waals surface area (Å²) in [6.07, 6.45) is 1.77. The van der Waals surface area contributed by atoms with Gasteiger partial charge in [-0.15, -0.1) is 0 Å². The van der Waals surface area contributed by atoms with Crippen molar-refractivity contribution in [1.82, 2.24) is 4.98 Å². The third-order valence-corrected chi connectivity index (χ3v) is 4.10. The third kappa shape index (κ3) is 2.94. The zero-order chi connectivity index (χ0) is 16.6. The Morgan fingerprint density at radius 3 is 2.83 bits per heavy atom. The molecule has 0 aliphatic carbocycles. The Kier molecular flexibility index (Phi) is 4.09. The molecule has 118 valence electrons. The van der Waals surface area contributed by atoms with Crippen LogP contribution in [-0.4, -0.2) is 17.9 Å². The standard InChI is InChI=1S/C18H15ClFNO2/c1-10-5-16-13(8-15(10)20)14(9-21-16)17(22)6-11-3-4-12(19)7-18(11)23-2/h3-5,7-9,21H,6H2,1-2H3. The van der Waals surface area contributed by atoms with Crippen molar-refractivity contribution in [2.24, 2.45) is 0 Å². The topological polar surface area (TPSA) is 42.1 Å². The molecule has 1 aromatic heterocycles. The lowest BCUT2D eigenvalue weighted by atomic mass is 10.0. The molecule has 0 aliphatic rings. The van der Waals surface area contributed by atoms with Gasteiger partial charge in [0, 0.05) is 39.7 Å². The van der Waals surface area contributed by atoms with Gasteiger partial charge in [-0.05, 0) is 36.8 Å². The van der Waals surface area contributed by atoms with Gasteiger partial charge in [0.05, 0.1) is 7.11 Å². The Hall–Kier alpha value is -2.33. The van der Waals surface area contributed by atoms with Crippen LogP contribution in [0.1, 0.15) is 21.5 Å². The van der Waals surface area contributed by atoms with Crippen LogP contribution in [0.5, 0.6) is 5.75 Å². The van der Waals surface area contributed by atoms with E-state index in [9.17, 15) is 9.18 Å². The molecule has 3 nitrogen and oxygen atoms in total. The van der Waals surface area contributed by atoms with E-state index in [1.165, 1.54) is 13.2 Å². The van der Waals surface area contributed by atoms with Crippen molar-refractivity contribution in [3.63, 3.8) is 0 Å². The van der Waals surface area contributed by atoms with Crippen molar-refractivity contribution in [2.75, 3.05) is 7.11 Å². The number of benzene rings is 2. The van der Waals surface area contributed by atoms with Crippen LogP contribution in [0.2, 0.25) is 5.02 Å². The lowest BCUT2D eigenvalue weighted by Gasteiger charge is -2.08. The molecule has 0 radical (unpaired) electrons. The van der Waals surface area contributed by atoms with Gasteiger partial charge in [-0.3, -0.25) is 4.79 Å². The molecule has 2 aromatic carbocycles. The summed E-state index contributed by atoms with van der Waals surface area (Å²) in [6.45, 7) is 1.69. The molecule has 0 amide bonds. The van der Waals surface area contributed by atoms with Crippen LogP contribution in [0, 0.1) is 12.7 Å². The second-order valence-electron chi connectivity index (χ2n) is 5.41. The van der Waals surface area contributed by atoms with Gasteiger partial charge in [0.2, 0.25) is 0 Å². The average Bonchev–Trinajstić information content (AvgIpc) is 2.92.